The number of carbonyl (C=O) groups is 6. The summed E-state index contributed by atoms with van der Waals surface area (Å²) in [6.07, 6.45) is -2.11. The molecule has 14 nitrogen and oxygen atoms in total. The normalized spacial score (nSPS) is 15.4. The van der Waals surface area contributed by atoms with Gasteiger partial charge in [0.1, 0.15) is 18.1 Å². The Hall–Kier alpha value is -3.26. The Morgan fingerprint density at radius 1 is 0.871 bits per heavy atom. The number of rotatable bonds is 13. The van der Waals surface area contributed by atoms with E-state index in [-0.39, 0.29) is 6.42 Å². The van der Waals surface area contributed by atoms with Gasteiger partial charge in [0.25, 0.3) is 0 Å². The Morgan fingerprint density at radius 2 is 1.45 bits per heavy atom. The summed E-state index contributed by atoms with van der Waals surface area (Å²) in [5, 5.41) is 36.1. The topological polar surface area (TPSA) is 237 Å². The Labute approximate surface area is 177 Å². The Bertz CT molecular complexity index is 695. The van der Waals surface area contributed by atoms with Gasteiger partial charge in [0, 0.05) is 6.42 Å². The van der Waals surface area contributed by atoms with Gasteiger partial charge in [-0.05, 0) is 27.2 Å². The molecule has 0 heterocycles. The van der Waals surface area contributed by atoms with E-state index in [0.717, 1.165) is 0 Å². The molecule has 0 saturated heterocycles. The number of aliphatic hydroxyl groups is 1. The molecule has 0 fully saturated rings. The lowest BCUT2D eigenvalue weighted by Crippen LogP contribution is -2.57. The summed E-state index contributed by atoms with van der Waals surface area (Å²) in [4.78, 5) is 69.4. The van der Waals surface area contributed by atoms with Gasteiger partial charge in [-0.3, -0.25) is 24.0 Å². The molecule has 0 aliphatic rings. The molecule has 31 heavy (non-hydrogen) atoms. The average molecular weight is 447 g/mol. The number of aliphatic hydroxyl groups excluding tert-OH is 1. The summed E-state index contributed by atoms with van der Waals surface area (Å²) in [6, 6.07) is -4.94. The van der Waals surface area contributed by atoms with Crippen LogP contribution in [-0.4, -0.2) is 87.7 Å². The predicted molar refractivity (Wildman–Crippen MR) is 104 cm³/mol. The van der Waals surface area contributed by atoms with Gasteiger partial charge in [0.05, 0.1) is 18.7 Å². The average Bonchev–Trinajstić information content (AvgIpc) is 2.65. The van der Waals surface area contributed by atoms with Crippen LogP contribution < -0.4 is 27.0 Å². The predicted octanol–water partition coefficient (Wildman–Crippen LogP) is -3.75. The molecule has 0 unspecified atom stereocenters. The van der Waals surface area contributed by atoms with Crippen molar-refractivity contribution in [3.05, 3.63) is 0 Å². The highest BCUT2D eigenvalue weighted by Gasteiger charge is 2.28. The largest absolute Gasteiger partial charge is 0.481 e. The first-order valence-corrected chi connectivity index (χ1v) is 9.32. The van der Waals surface area contributed by atoms with Crippen molar-refractivity contribution in [3.8, 4) is 0 Å². The van der Waals surface area contributed by atoms with Gasteiger partial charge in [-0.2, -0.15) is 0 Å². The Morgan fingerprint density at radius 3 is 1.90 bits per heavy atom. The van der Waals surface area contributed by atoms with Crippen molar-refractivity contribution in [1.29, 1.82) is 0 Å². The molecule has 0 radical (unpaired) electrons. The lowest BCUT2D eigenvalue weighted by molar-refractivity contribution is -0.143. The molecular formula is C17H29N5O9. The first kappa shape index (κ1) is 27.7. The van der Waals surface area contributed by atoms with E-state index in [1.807, 2.05) is 0 Å². The zero-order chi connectivity index (χ0) is 24.3. The monoisotopic (exact) mass is 447 g/mol. The van der Waals surface area contributed by atoms with Crippen molar-refractivity contribution in [2.45, 2.75) is 63.9 Å². The summed E-state index contributed by atoms with van der Waals surface area (Å²) in [6.45, 7) is 3.28. The van der Waals surface area contributed by atoms with E-state index in [1.54, 1.807) is 0 Å². The van der Waals surface area contributed by atoms with Crippen LogP contribution >= 0.6 is 0 Å². The summed E-state index contributed by atoms with van der Waals surface area (Å²) in [7, 11) is 0. The second kappa shape index (κ2) is 13.1. The SMILES string of the molecule is C[C@H](N)C(=O)N[C@H](C(=O)NCC(=O)N[C@@H](C)C(=O)N[C@@H](CCC(=O)O)C(=O)O)[C@@H](C)O. The molecule has 4 amide bonds. The molecular weight excluding hydrogens is 418 g/mol. The number of hydrogen-bond donors (Lipinski definition) is 8. The number of carboxylic acid groups (broad SMARTS) is 2. The molecule has 0 spiro atoms. The third kappa shape index (κ3) is 10.9. The third-order valence-electron chi connectivity index (χ3n) is 3.93. The highest BCUT2D eigenvalue weighted by molar-refractivity contribution is 5.94. The van der Waals surface area contributed by atoms with Gasteiger partial charge in [0.2, 0.25) is 23.6 Å². The van der Waals surface area contributed by atoms with Gasteiger partial charge in [-0.25, -0.2) is 4.79 Å². The number of amides is 4. The smallest absolute Gasteiger partial charge is 0.326 e. The zero-order valence-corrected chi connectivity index (χ0v) is 17.4. The fourth-order valence-electron chi connectivity index (χ4n) is 2.15. The Balaban J connectivity index is 4.70. The van der Waals surface area contributed by atoms with Crippen LogP contribution in [0, 0.1) is 0 Å². The van der Waals surface area contributed by atoms with Crippen molar-refractivity contribution >= 4 is 35.6 Å². The molecule has 5 atom stereocenters. The number of nitrogens with one attached hydrogen (secondary N) is 4. The van der Waals surface area contributed by atoms with Gasteiger partial charge in [-0.1, -0.05) is 0 Å². The number of carboxylic acids is 2. The van der Waals surface area contributed by atoms with Crippen molar-refractivity contribution in [2.24, 2.45) is 5.73 Å². The van der Waals surface area contributed by atoms with E-state index < -0.39 is 78.8 Å². The lowest BCUT2D eigenvalue weighted by Gasteiger charge is -2.22. The summed E-state index contributed by atoms with van der Waals surface area (Å²) in [5.41, 5.74) is 5.38. The molecule has 14 heteroatoms. The maximum absolute atomic E-state index is 12.1. The number of hydrogen-bond acceptors (Lipinski definition) is 8. The molecule has 0 aromatic carbocycles. The fraction of sp³-hybridized carbons (Fsp3) is 0.647. The molecule has 0 aromatic heterocycles. The van der Waals surface area contributed by atoms with E-state index in [4.69, 9.17) is 15.9 Å². The minimum atomic E-state index is -1.46. The molecule has 0 saturated carbocycles. The number of nitrogens with two attached hydrogens (primary N) is 1. The standard InChI is InChI=1S/C17H29N5O9/c1-7(18)14(27)22-13(9(3)23)16(29)19-6-11(24)20-8(2)15(28)21-10(17(30)31)4-5-12(25)26/h7-10,13,23H,4-6,18H2,1-3H3,(H,19,29)(H,20,24)(H,21,28)(H,22,27)(H,25,26)(H,30,31)/t7-,8-,9+,10-,13-/m0/s1. The van der Waals surface area contributed by atoms with Crippen LogP contribution in [0.5, 0.6) is 0 Å². The molecule has 9 N–H and O–H groups in total. The van der Waals surface area contributed by atoms with E-state index in [0.29, 0.717) is 0 Å². The molecule has 0 aliphatic carbocycles. The van der Waals surface area contributed by atoms with Crippen LogP contribution in [0.2, 0.25) is 0 Å². The molecule has 0 bridgehead atoms. The van der Waals surface area contributed by atoms with E-state index in [9.17, 15) is 33.9 Å². The van der Waals surface area contributed by atoms with Crippen LogP contribution in [0.1, 0.15) is 33.6 Å². The minimum absolute atomic E-state index is 0.346. The summed E-state index contributed by atoms with van der Waals surface area (Å²) in [5.74, 6) is -5.90. The van der Waals surface area contributed by atoms with Crippen LogP contribution in [0.4, 0.5) is 0 Å². The quantitative estimate of drug-likeness (QED) is 0.137. The Kier molecular flexibility index (Phi) is 11.7. The highest BCUT2D eigenvalue weighted by Crippen LogP contribution is 1.99. The summed E-state index contributed by atoms with van der Waals surface area (Å²) >= 11 is 0. The first-order valence-electron chi connectivity index (χ1n) is 9.32. The molecule has 0 aromatic rings. The number of carbonyl (C=O) groups excluding carboxylic acids is 4. The van der Waals surface area contributed by atoms with Gasteiger partial charge in [-0.15, -0.1) is 0 Å². The number of aliphatic carboxylic acids is 2. The maximum atomic E-state index is 12.1. The third-order valence-corrected chi connectivity index (χ3v) is 3.93. The first-order chi connectivity index (χ1) is 14.3. The van der Waals surface area contributed by atoms with Crippen LogP contribution in [-0.2, 0) is 28.8 Å². The molecule has 176 valence electrons. The molecule has 0 aliphatic heterocycles. The van der Waals surface area contributed by atoms with Crippen LogP contribution in [0.15, 0.2) is 0 Å². The molecule has 0 rings (SSSR count). The maximum Gasteiger partial charge on any atom is 0.326 e. The fourth-order valence-corrected chi connectivity index (χ4v) is 2.15. The van der Waals surface area contributed by atoms with Crippen LogP contribution in [0.25, 0.3) is 0 Å². The van der Waals surface area contributed by atoms with Crippen LogP contribution in [0.3, 0.4) is 0 Å². The lowest BCUT2D eigenvalue weighted by atomic mass is 10.1. The van der Waals surface area contributed by atoms with Crippen molar-refractivity contribution in [3.63, 3.8) is 0 Å². The van der Waals surface area contributed by atoms with Gasteiger partial charge in [0.15, 0.2) is 0 Å². The highest BCUT2D eigenvalue weighted by atomic mass is 16.4. The van der Waals surface area contributed by atoms with Gasteiger partial charge < -0.3 is 42.3 Å². The van der Waals surface area contributed by atoms with Crippen molar-refractivity contribution < 1.29 is 44.1 Å². The summed E-state index contributed by atoms with van der Waals surface area (Å²) < 4.78 is 0. The second-order valence-electron chi connectivity index (χ2n) is 6.85. The minimum Gasteiger partial charge on any atom is -0.481 e. The van der Waals surface area contributed by atoms with E-state index in [1.165, 1.54) is 20.8 Å². The second-order valence-corrected chi connectivity index (χ2v) is 6.85. The van der Waals surface area contributed by atoms with E-state index in [2.05, 4.69) is 21.3 Å². The zero-order valence-electron chi connectivity index (χ0n) is 17.4. The van der Waals surface area contributed by atoms with E-state index >= 15 is 0 Å². The van der Waals surface area contributed by atoms with Gasteiger partial charge >= 0.3 is 11.9 Å². The van der Waals surface area contributed by atoms with Crippen molar-refractivity contribution in [2.75, 3.05) is 6.54 Å². The van der Waals surface area contributed by atoms with Crippen molar-refractivity contribution in [1.82, 2.24) is 21.3 Å².